The molecule has 0 unspecified atom stereocenters. The average Bonchev–Trinajstić information content (AvgIpc) is 2.45. The lowest BCUT2D eigenvalue weighted by Crippen LogP contribution is -2.34. The predicted molar refractivity (Wildman–Crippen MR) is 45.1 cm³/mol. The van der Waals surface area contributed by atoms with Gasteiger partial charge in [-0.05, 0) is 26.7 Å². The van der Waals surface area contributed by atoms with Crippen molar-refractivity contribution >= 4 is 9.84 Å². The summed E-state index contributed by atoms with van der Waals surface area (Å²) in [5.74, 6) is 0.164. The molecule has 0 atom stereocenters. The van der Waals surface area contributed by atoms with Crippen molar-refractivity contribution in [3.8, 4) is 0 Å². The fourth-order valence-corrected chi connectivity index (χ4v) is 2.30. The monoisotopic (exact) mass is 177 g/mol. The number of hydrogen-bond donors (Lipinski definition) is 1. The molecule has 0 amide bonds. The highest BCUT2D eigenvalue weighted by atomic mass is 32.2. The molecule has 0 spiro atoms. The molecule has 1 fully saturated rings. The first-order valence-electron chi connectivity index (χ1n) is 3.86. The Morgan fingerprint density at radius 3 is 2.18 bits per heavy atom. The smallest absolute Gasteiger partial charge is 0.154 e. The van der Waals surface area contributed by atoms with E-state index in [1.165, 1.54) is 0 Å². The molecule has 0 aromatic rings. The molecule has 4 heteroatoms. The summed E-state index contributed by atoms with van der Waals surface area (Å²) >= 11 is 0. The van der Waals surface area contributed by atoms with Gasteiger partial charge in [0.05, 0.1) is 11.0 Å². The first kappa shape index (κ1) is 9.00. The van der Waals surface area contributed by atoms with E-state index in [0.29, 0.717) is 0 Å². The highest BCUT2D eigenvalue weighted by Gasteiger charge is 2.42. The van der Waals surface area contributed by atoms with Crippen LogP contribution in [0.25, 0.3) is 0 Å². The maximum atomic E-state index is 11.3. The average molecular weight is 177 g/mol. The van der Waals surface area contributed by atoms with Crippen LogP contribution in [0.5, 0.6) is 0 Å². The molecule has 2 N–H and O–H groups in total. The van der Waals surface area contributed by atoms with Gasteiger partial charge in [0.25, 0.3) is 0 Å². The van der Waals surface area contributed by atoms with E-state index >= 15 is 0 Å². The summed E-state index contributed by atoms with van der Waals surface area (Å²) in [4.78, 5) is 0. The molecular formula is C7H15NO2S. The molecule has 0 heterocycles. The molecule has 1 saturated carbocycles. The van der Waals surface area contributed by atoms with Gasteiger partial charge in [0.1, 0.15) is 0 Å². The molecule has 0 bridgehead atoms. The first-order chi connectivity index (χ1) is 4.86. The highest BCUT2D eigenvalue weighted by Crippen LogP contribution is 2.34. The van der Waals surface area contributed by atoms with E-state index in [0.717, 1.165) is 12.8 Å². The van der Waals surface area contributed by atoms with E-state index in [9.17, 15) is 8.42 Å². The molecule has 3 nitrogen and oxygen atoms in total. The molecule has 1 aliphatic rings. The Hall–Kier alpha value is -0.0900. The minimum absolute atomic E-state index is 0.164. The molecular weight excluding hydrogens is 162 g/mol. The molecule has 0 radical (unpaired) electrons. The molecule has 1 rings (SSSR count). The van der Waals surface area contributed by atoms with E-state index < -0.39 is 9.84 Å². The quantitative estimate of drug-likeness (QED) is 0.674. The Labute approximate surface area is 67.9 Å². The Morgan fingerprint density at radius 2 is 1.91 bits per heavy atom. The Morgan fingerprint density at radius 1 is 1.45 bits per heavy atom. The SMILES string of the molecule is CC(C)S(=O)(=O)CC1(N)CC1. The third-order valence-electron chi connectivity index (χ3n) is 2.10. The molecule has 0 aliphatic heterocycles. The number of nitrogens with two attached hydrogens (primary N) is 1. The van der Waals surface area contributed by atoms with Crippen LogP contribution in [-0.2, 0) is 9.84 Å². The largest absolute Gasteiger partial charge is 0.324 e. The van der Waals surface area contributed by atoms with Crippen molar-refractivity contribution in [3.63, 3.8) is 0 Å². The minimum atomic E-state index is -2.92. The summed E-state index contributed by atoms with van der Waals surface area (Å²) in [6.07, 6.45) is 1.72. The summed E-state index contributed by atoms with van der Waals surface area (Å²) in [7, 11) is -2.92. The maximum absolute atomic E-state index is 11.3. The van der Waals surface area contributed by atoms with Gasteiger partial charge in [-0.15, -0.1) is 0 Å². The fourth-order valence-electron chi connectivity index (χ4n) is 0.872. The Bertz CT molecular complexity index is 239. The fraction of sp³-hybridized carbons (Fsp3) is 1.00. The van der Waals surface area contributed by atoms with Crippen molar-refractivity contribution in [1.29, 1.82) is 0 Å². The molecule has 1 aliphatic carbocycles. The normalized spacial score (nSPS) is 22.2. The predicted octanol–water partition coefficient (Wildman–Crippen LogP) is 0.301. The van der Waals surface area contributed by atoms with Crippen LogP contribution < -0.4 is 5.73 Å². The Balaban J connectivity index is 2.61. The summed E-state index contributed by atoms with van der Waals surface area (Å²) < 4.78 is 22.6. The third kappa shape index (κ3) is 2.17. The van der Waals surface area contributed by atoms with Gasteiger partial charge in [0, 0.05) is 5.54 Å². The van der Waals surface area contributed by atoms with Crippen LogP contribution in [0.4, 0.5) is 0 Å². The van der Waals surface area contributed by atoms with Crippen LogP contribution >= 0.6 is 0 Å². The number of hydrogen-bond acceptors (Lipinski definition) is 3. The zero-order chi connectivity index (χ0) is 8.70. The second kappa shape index (κ2) is 2.45. The molecule has 11 heavy (non-hydrogen) atoms. The van der Waals surface area contributed by atoms with Gasteiger partial charge in [0.15, 0.2) is 9.84 Å². The van der Waals surface area contributed by atoms with Crippen molar-refractivity contribution in [1.82, 2.24) is 0 Å². The van der Waals surface area contributed by atoms with Gasteiger partial charge >= 0.3 is 0 Å². The lowest BCUT2D eigenvalue weighted by molar-refractivity contribution is 0.576. The number of rotatable bonds is 3. The summed E-state index contributed by atoms with van der Waals surface area (Å²) in [5, 5.41) is -0.288. The van der Waals surface area contributed by atoms with Crippen molar-refractivity contribution in [2.45, 2.75) is 37.5 Å². The van der Waals surface area contributed by atoms with Crippen LogP contribution in [0, 0.1) is 0 Å². The highest BCUT2D eigenvalue weighted by molar-refractivity contribution is 7.92. The summed E-state index contributed by atoms with van der Waals surface area (Å²) in [6, 6.07) is 0. The van der Waals surface area contributed by atoms with Gasteiger partial charge in [-0.2, -0.15) is 0 Å². The second-order valence-corrected chi connectivity index (χ2v) is 6.28. The van der Waals surface area contributed by atoms with Gasteiger partial charge in [0.2, 0.25) is 0 Å². The van der Waals surface area contributed by atoms with Crippen molar-refractivity contribution in [3.05, 3.63) is 0 Å². The first-order valence-corrected chi connectivity index (χ1v) is 5.58. The zero-order valence-electron chi connectivity index (χ0n) is 7.00. The van der Waals surface area contributed by atoms with E-state index in [1.54, 1.807) is 13.8 Å². The van der Waals surface area contributed by atoms with Crippen LogP contribution in [0.3, 0.4) is 0 Å². The van der Waals surface area contributed by atoms with Gasteiger partial charge in [-0.1, -0.05) is 0 Å². The van der Waals surface area contributed by atoms with Gasteiger partial charge in [-0.3, -0.25) is 0 Å². The van der Waals surface area contributed by atoms with Crippen LogP contribution in [0.1, 0.15) is 26.7 Å². The Kier molecular flexibility index (Phi) is 2.01. The van der Waals surface area contributed by atoms with Crippen LogP contribution in [0.15, 0.2) is 0 Å². The summed E-state index contributed by atoms with van der Waals surface area (Å²) in [5.41, 5.74) is 5.32. The minimum Gasteiger partial charge on any atom is -0.324 e. The lowest BCUT2D eigenvalue weighted by atomic mass is 10.4. The standard InChI is InChI=1S/C7H15NO2S/c1-6(2)11(9,10)5-7(8)3-4-7/h6H,3-5,8H2,1-2H3. The van der Waals surface area contributed by atoms with Crippen molar-refractivity contribution in [2.75, 3.05) is 5.75 Å². The zero-order valence-corrected chi connectivity index (χ0v) is 7.82. The van der Waals surface area contributed by atoms with E-state index in [2.05, 4.69) is 0 Å². The van der Waals surface area contributed by atoms with Crippen molar-refractivity contribution < 1.29 is 8.42 Å². The van der Waals surface area contributed by atoms with Gasteiger partial charge in [-0.25, -0.2) is 8.42 Å². The second-order valence-electron chi connectivity index (χ2n) is 3.72. The van der Waals surface area contributed by atoms with Crippen molar-refractivity contribution in [2.24, 2.45) is 5.73 Å². The van der Waals surface area contributed by atoms with Gasteiger partial charge < -0.3 is 5.73 Å². The molecule has 0 aromatic heterocycles. The van der Waals surface area contributed by atoms with E-state index in [-0.39, 0.29) is 16.5 Å². The molecule has 66 valence electrons. The van der Waals surface area contributed by atoms with Crippen LogP contribution in [0.2, 0.25) is 0 Å². The maximum Gasteiger partial charge on any atom is 0.154 e. The third-order valence-corrected chi connectivity index (χ3v) is 4.51. The summed E-state index contributed by atoms with van der Waals surface area (Å²) in [6.45, 7) is 3.39. The van der Waals surface area contributed by atoms with E-state index in [1.807, 2.05) is 0 Å². The topological polar surface area (TPSA) is 60.2 Å². The molecule has 0 saturated heterocycles. The lowest BCUT2D eigenvalue weighted by Gasteiger charge is -2.11. The van der Waals surface area contributed by atoms with E-state index in [4.69, 9.17) is 5.73 Å². The van der Waals surface area contributed by atoms with Crippen LogP contribution in [-0.4, -0.2) is 25.0 Å². The molecule has 0 aromatic carbocycles. The number of sulfone groups is 1.